The Morgan fingerprint density at radius 3 is 2.42 bits per heavy atom. The van der Waals surface area contributed by atoms with Crippen LogP contribution in [0.5, 0.6) is 11.5 Å². The molecule has 0 spiro atoms. The fraction of sp³-hybridized carbons (Fsp3) is 0.360. The van der Waals surface area contributed by atoms with Crippen molar-refractivity contribution >= 4 is 29.2 Å². The number of methoxy groups -OCH3 is 1. The van der Waals surface area contributed by atoms with Crippen molar-refractivity contribution in [2.45, 2.75) is 45.9 Å². The molecule has 1 aliphatic carbocycles. The number of aromatic nitrogens is 3. The standard InChI is InChI=1S/C25H27ClN4O6/c1-15(2)36-20-9-6-17(12-19(20)26)27-22-28-23(33)30(14-25(10-11-25)21(31)32)24(34)29(22)13-16-4-7-18(35-3)8-5-16/h4-9,12,15H,10-11,13-14H2,1-3H3,(H,31,32)(H,27,28,33). The predicted octanol–water partition coefficient (Wildman–Crippen LogP) is 3.51. The number of carboxylic acid groups (broad SMARTS) is 1. The quantitative estimate of drug-likeness (QED) is 0.421. The van der Waals surface area contributed by atoms with E-state index in [1.165, 1.54) is 4.57 Å². The van der Waals surface area contributed by atoms with Gasteiger partial charge in [0.05, 0.1) is 30.2 Å². The molecular formula is C25H27ClN4O6. The molecule has 3 aromatic rings. The molecule has 0 amide bonds. The van der Waals surface area contributed by atoms with E-state index in [4.69, 9.17) is 21.1 Å². The van der Waals surface area contributed by atoms with E-state index in [2.05, 4.69) is 10.3 Å². The summed E-state index contributed by atoms with van der Waals surface area (Å²) < 4.78 is 13.0. The lowest BCUT2D eigenvalue weighted by atomic mass is 10.1. The Balaban J connectivity index is 1.74. The first-order chi connectivity index (χ1) is 17.1. The third-order valence-electron chi connectivity index (χ3n) is 5.97. The second-order valence-corrected chi connectivity index (χ2v) is 9.45. The van der Waals surface area contributed by atoms with Crippen molar-refractivity contribution < 1.29 is 19.4 Å². The number of nitrogens with one attached hydrogen (secondary N) is 1. The highest BCUT2D eigenvalue weighted by molar-refractivity contribution is 6.32. The van der Waals surface area contributed by atoms with Crippen molar-refractivity contribution in [2.24, 2.45) is 5.41 Å². The van der Waals surface area contributed by atoms with E-state index < -0.39 is 22.8 Å². The van der Waals surface area contributed by atoms with Crippen molar-refractivity contribution in [1.82, 2.24) is 14.1 Å². The van der Waals surface area contributed by atoms with Crippen LogP contribution < -0.4 is 26.2 Å². The molecule has 2 aromatic carbocycles. The van der Waals surface area contributed by atoms with Crippen LogP contribution in [0.2, 0.25) is 5.02 Å². The number of carbonyl (C=O) groups is 1. The van der Waals surface area contributed by atoms with Gasteiger partial charge in [0.15, 0.2) is 0 Å². The first-order valence-corrected chi connectivity index (χ1v) is 11.8. The molecule has 190 valence electrons. The molecule has 10 nitrogen and oxygen atoms in total. The van der Waals surface area contributed by atoms with Gasteiger partial charge in [-0.25, -0.2) is 14.2 Å². The van der Waals surface area contributed by atoms with Crippen LogP contribution in [0.3, 0.4) is 0 Å². The molecule has 1 fully saturated rings. The highest BCUT2D eigenvalue weighted by Gasteiger charge is 2.51. The molecule has 1 heterocycles. The molecule has 0 radical (unpaired) electrons. The van der Waals surface area contributed by atoms with Gasteiger partial charge < -0.3 is 19.9 Å². The van der Waals surface area contributed by atoms with Gasteiger partial charge in [0, 0.05) is 12.2 Å². The largest absolute Gasteiger partial charge is 0.497 e. The maximum atomic E-state index is 13.5. The summed E-state index contributed by atoms with van der Waals surface area (Å²) in [5.74, 6) is 0.129. The molecule has 0 atom stereocenters. The van der Waals surface area contributed by atoms with Crippen molar-refractivity contribution in [3.8, 4) is 11.5 Å². The molecule has 11 heteroatoms. The number of halogens is 1. The number of ether oxygens (including phenoxy) is 2. The van der Waals surface area contributed by atoms with Gasteiger partial charge in [-0.1, -0.05) is 23.7 Å². The molecule has 1 aliphatic rings. The van der Waals surface area contributed by atoms with Gasteiger partial charge >= 0.3 is 17.3 Å². The Bertz CT molecular complexity index is 1390. The summed E-state index contributed by atoms with van der Waals surface area (Å²) in [6.07, 6.45) is 0.734. The zero-order chi connectivity index (χ0) is 26.0. The summed E-state index contributed by atoms with van der Waals surface area (Å²) in [6, 6.07) is 12.1. The van der Waals surface area contributed by atoms with E-state index in [9.17, 15) is 19.5 Å². The normalized spacial score (nSPS) is 13.9. The Morgan fingerprint density at radius 2 is 1.86 bits per heavy atom. The summed E-state index contributed by atoms with van der Waals surface area (Å²) in [5.41, 5.74) is -1.35. The Morgan fingerprint density at radius 1 is 1.17 bits per heavy atom. The number of rotatable bonds is 10. The first kappa shape index (κ1) is 25.3. The minimum absolute atomic E-state index is 0.00540. The molecule has 0 saturated heterocycles. The molecule has 0 aliphatic heterocycles. The van der Waals surface area contributed by atoms with Gasteiger partial charge in [-0.3, -0.25) is 9.36 Å². The number of hydrogen-bond acceptors (Lipinski definition) is 7. The topological polar surface area (TPSA) is 125 Å². The lowest BCUT2D eigenvalue weighted by Gasteiger charge is -2.18. The SMILES string of the molecule is COc1ccc(Cn2c(Nc3ccc(OC(C)C)c(Cl)c3)nc(=O)n(CC3(C(=O)O)CC3)c2=O)cc1. The molecular weight excluding hydrogens is 488 g/mol. The van der Waals surface area contributed by atoms with Gasteiger partial charge in [-0.15, -0.1) is 0 Å². The van der Waals surface area contributed by atoms with Crippen LogP contribution in [0.1, 0.15) is 32.3 Å². The Hall–Kier alpha value is -3.79. The monoisotopic (exact) mass is 514 g/mol. The van der Waals surface area contributed by atoms with Crippen LogP contribution in [0.4, 0.5) is 11.6 Å². The van der Waals surface area contributed by atoms with Crippen LogP contribution in [-0.2, 0) is 17.9 Å². The Kier molecular flexibility index (Phi) is 7.07. The predicted molar refractivity (Wildman–Crippen MR) is 135 cm³/mol. The van der Waals surface area contributed by atoms with Crippen molar-refractivity contribution in [2.75, 3.05) is 12.4 Å². The van der Waals surface area contributed by atoms with Crippen LogP contribution in [0.25, 0.3) is 0 Å². The van der Waals surface area contributed by atoms with Crippen molar-refractivity contribution in [3.05, 3.63) is 74.0 Å². The Labute approximate surface area is 212 Å². The molecule has 4 rings (SSSR count). The van der Waals surface area contributed by atoms with Gasteiger partial charge in [-0.05, 0) is 62.6 Å². The highest BCUT2D eigenvalue weighted by Crippen LogP contribution is 2.46. The molecule has 36 heavy (non-hydrogen) atoms. The summed E-state index contributed by atoms with van der Waals surface area (Å²) in [5, 5.41) is 12.9. The van der Waals surface area contributed by atoms with Gasteiger partial charge in [0.1, 0.15) is 11.5 Å². The van der Waals surface area contributed by atoms with Crippen LogP contribution in [-0.4, -0.2) is 38.4 Å². The maximum Gasteiger partial charge on any atom is 0.354 e. The summed E-state index contributed by atoms with van der Waals surface area (Å²) in [7, 11) is 1.56. The molecule has 1 aromatic heterocycles. The fourth-order valence-electron chi connectivity index (χ4n) is 3.77. The van der Waals surface area contributed by atoms with E-state index in [1.807, 2.05) is 13.8 Å². The van der Waals surface area contributed by atoms with Crippen LogP contribution in [0, 0.1) is 5.41 Å². The van der Waals surface area contributed by atoms with E-state index in [0.717, 1.165) is 10.1 Å². The van der Waals surface area contributed by atoms with E-state index in [1.54, 1.807) is 49.6 Å². The number of anilines is 2. The average molecular weight is 515 g/mol. The molecule has 2 N–H and O–H groups in total. The second kappa shape index (κ2) is 10.1. The summed E-state index contributed by atoms with van der Waals surface area (Å²) in [4.78, 5) is 42.1. The number of aliphatic carboxylic acids is 1. The number of benzene rings is 2. The number of nitrogens with zero attached hydrogens (tertiary/aromatic N) is 3. The maximum absolute atomic E-state index is 13.5. The van der Waals surface area contributed by atoms with Crippen molar-refractivity contribution in [3.63, 3.8) is 0 Å². The second-order valence-electron chi connectivity index (χ2n) is 9.04. The third-order valence-corrected chi connectivity index (χ3v) is 6.26. The lowest BCUT2D eigenvalue weighted by Crippen LogP contribution is -2.45. The minimum atomic E-state index is -1.11. The van der Waals surface area contributed by atoms with Gasteiger partial charge in [-0.2, -0.15) is 4.98 Å². The minimum Gasteiger partial charge on any atom is -0.497 e. The lowest BCUT2D eigenvalue weighted by molar-refractivity contribution is -0.144. The zero-order valence-electron chi connectivity index (χ0n) is 20.2. The van der Waals surface area contributed by atoms with Gasteiger partial charge in [0.2, 0.25) is 5.95 Å². The molecule has 1 saturated carbocycles. The zero-order valence-corrected chi connectivity index (χ0v) is 20.9. The van der Waals surface area contributed by atoms with Gasteiger partial charge in [0.25, 0.3) is 0 Å². The molecule has 0 bridgehead atoms. The molecule has 0 unspecified atom stereocenters. The number of hydrogen-bond donors (Lipinski definition) is 2. The average Bonchev–Trinajstić information content (AvgIpc) is 3.62. The van der Waals surface area contributed by atoms with Crippen LogP contribution >= 0.6 is 11.6 Å². The van der Waals surface area contributed by atoms with E-state index in [-0.39, 0.29) is 25.1 Å². The third kappa shape index (κ3) is 5.38. The first-order valence-electron chi connectivity index (χ1n) is 11.4. The van der Waals surface area contributed by atoms with Crippen LogP contribution in [0.15, 0.2) is 52.1 Å². The van der Waals surface area contributed by atoms with E-state index in [0.29, 0.717) is 35.1 Å². The van der Waals surface area contributed by atoms with Crippen molar-refractivity contribution in [1.29, 1.82) is 0 Å². The summed E-state index contributed by atoms with van der Waals surface area (Å²) >= 11 is 6.35. The van der Waals surface area contributed by atoms with E-state index >= 15 is 0 Å². The smallest absolute Gasteiger partial charge is 0.354 e. The number of carboxylic acids is 1. The fourth-order valence-corrected chi connectivity index (χ4v) is 3.99. The highest BCUT2D eigenvalue weighted by atomic mass is 35.5. The summed E-state index contributed by atoms with van der Waals surface area (Å²) in [6.45, 7) is 3.62.